The first-order chi connectivity index (χ1) is 7.29. The van der Waals surface area contributed by atoms with Crippen LogP contribution in [0.25, 0.3) is 0 Å². The van der Waals surface area contributed by atoms with E-state index in [0.29, 0.717) is 5.92 Å². The van der Waals surface area contributed by atoms with Crippen LogP contribution in [0.1, 0.15) is 30.3 Å². The van der Waals surface area contributed by atoms with Gasteiger partial charge in [0.05, 0.1) is 0 Å². The summed E-state index contributed by atoms with van der Waals surface area (Å²) in [5, 5.41) is 6.44. The normalized spacial score (nSPS) is 17.7. The SMILES string of the molecule is CNc1cc(C)nc(C2CCNCC2)n1. The van der Waals surface area contributed by atoms with Crippen molar-refractivity contribution in [1.82, 2.24) is 15.3 Å². The molecule has 1 fully saturated rings. The lowest BCUT2D eigenvalue weighted by Crippen LogP contribution is -2.27. The maximum Gasteiger partial charge on any atom is 0.134 e. The van der Waals surface area contributed by atoms with Gasteiger partial charge >= 0.3 is 0 Å². The van der Waals surface area contributed by atoms with E-state index in [1.54, 1.807) is 0 Å². The second-order valence-electron chi connectivity index (χ2n) is 4.03. The van der Waals surface area contributed by atoms with Gasteiger partial charge in [0.15, 0.2) is 0 Å². The Labute approximate surface area is 90.5 Å². The molecule has 0 aliphatic carbocycles. The van der Waals surface area contributed by atoms with Crippen molar-refractivity contribution in [2.24, 2.45) is 0 Å². The molecule has 2 N–H and O–H groups in total. The maximum atomic E-state index is 4.53. The van der Waals surface area contributed by atoms with Gasteiger partial charge in [-0.15, -0.1) is 0 Å². The summed E-state index contributed by atoms with van der Waals surface area (Å²) < 4.78 is 0. The van der Waals surface area contributed by atoms with Gasteiger partial charge in [-0.05, 0) is 32.9 Å². The van der Waals surface area contributed by atoms with Crippen molar-refractivity contribution in [2.45, 2.75) is 25.7 Å². The van der Waals surface area contributed by atoms with E-state index in [2.05, 4.69) is 20.6 Å². The van der Waals surface area contributed by atoms with E-state index >= 15 is 0 Å². The highest BCUT2D eigenvalue weighted by molar-refractivity contribution is 5.35. The number of piperidine rings is 1. The molecule has 1 aromatic heterocycles. The fraction of sp³-hybridized carbons (Fsp3) is 0.636. The van der Waals surface area contributed by atoms with Gasteiger partial charge < -0.3 is 10.6 Å². The minimum absolute atomic E-state index is 0.526. The van der Waals surface area contributed by atoms with E-state index in [0.717, 1.165) is 43.3 Å². The summed E-state index contributed by atoms with van der Waals surface area (Å²) in [6.07, 6.45) is 2.29. The zero-order chi connectivity index (χ0) is 10.7. The summed E-state index contributed by atoms with van der Waals surface area (Å²) in [7, 11) is 1.90. The molecule has 2 heterocycles. The van der Waals surface area contributed by atoms with E-state index in [9.17, 15) is 0 Å². The Bertz CT molecular complexity index is 331. The molecule has 2 rings (SSSR count). The van der Waals surface area contributed by atoms with Crippen molar-refractivity contribution in [3.63, 3.8) is 0 Å². The number of anilines is 1. The molecule has 82 valence electrons. The minimum atomic E-state index is 0.526. The van der Waals surface area contributed by atoms with E-state index in [1.165, 1.54) is 0 Å². The molecule has 0 unspecified atom stereocenters. The first-order valence-corrected chi connectivity index (χ1v) is 5.53. The van der Waals surface area contributed by atoms with Crippen LogP contribution >= 0.6 is 0 Å². The molecule has 15 heavy (non-hydrogen) atoms. The van der Waals surface area contributed by atoms with Crippen LogP contribution in [-0.4, -0.2) is 30.1 Å². The lowest BCUT2D eigenvalue weighted by molar-refractivity contribution is 0.444. The van der Waals surface area contributed by atoms with E-state index in [4.69, 9.17) is 0 Å². The first-order valence-electron chi connectivity index (χ1n) is 5.53. The number of nitrogens with one attached hydrogen (secondary N) is 2. The van der Waals surface area contributed by atoms with Gasteiger partial charge in [0.25, 0.3) is 0 Å². The van der Waals surface area contributed by atoms with E-state index < -0.39 is 0 Å². The number of aromatic nitrogens is 2. The highest BCUT2D eigenvalue weighted by Crippen LogP contribution is 2.23. The topological polar surface area (TPSA) is 49.8 Å². The van der Waals surface area contributed by atoms with Crippen molar-refractivity contribution >= 4 is 5.82 Å². The van der Waals surface area contributed by atoms with E-state index in [1.807, 2.05) is 20.0 Å². The monoisotopic (exact) mass is 206 g/mol. The number of rotatable bonds is 2. The molecule has 0 radical (unpaired) electrons. The highest BCUT2D eigenvalue weighted by Gasteiger charge is 2.18. The van der Waals surface area contributed by atoms with Gasteiger partial charge in [0.2, 0.25) is 0 Å². The zero-order valence-electron chi connectivity index (χ0n) is 9.38. The lowest BCUT2D eigenvalue weighted by atomic mass is 9.97. The average molecular weight is 206 g/mol. The molecule has 1 saturated heterocycles. The van der Waals surface area contributed by atoms with Gasteiger partial charge in [-0.25, -0.2) is 9.97 Å². The van der Waals surface area contributed by atoms with Crippen LogP contribution in [0, 0.1) is 6.92 Å². The predicted molar refractivity (Wildman–Crippen MR) is 61.2 cm³/mol. The molecular formula is C11H18N4. The molecule has 4 nitrogen and oxygen atoms in total. The van der Waals surface area contributed by atoms with Crippen molar-refractivity contribution < 1.29 is 0 Å². The molecule has 4 heteroatoms. The molecule has 1 aliphatic rings. The Hall–Kier alpha value is -1.16. The number of nitrogens with zero attached hydrogens (tertiary/aromatic N) is 2. The molecule has 0 spiro atoms. The summed E-state index contributed by atoms with van der Waals surface area (Å²) >= 11 is 0. The molecule has 0 amide bonds. The van der Waals surface area contributed by atoms with Gasteiger partial charge in [0.1, 0.15) is 11.6 Å². The second kappa shape index (κ2) is 4.57. The summed E-state index contributed by atoms with van der Waals surface area (Å²) in [6, 6.07) is 1.98. The average Bonchev–Trinajstić information content (AvgIpc) is 2.29. The molecule has 1 aromatic rings. The van der Waals surface area contributed by atoms with Crippen LogP contribution < -0.4 is 10.6 Å². The van der Waals surface area contributed by atoms with Gasteiger partial charge in [-0.3, -0.25) is 0 Å². The predicted octanol–water partition coefficient (Wildman–Crippen LogP) is 1.29. The maximum absolute atomic E-state index is 4.53. The van der Waals surface area contributed by atoms with Crippen LogP contribution in [-0.2, 0) is 0 Å². The molecular weight excluding hydrogens is 188 g/mol. The van der Waals surface area contributed by atoms with Crippen molar-refractivity contribution in [1.29, 1.82) is 0 Å². The fourth-order valence-corrected chi connectivity index (χ4v) is 1.98. The zero-order valence-corrected chi connectivity index (χ0v) is 9.38. The summed E-state index contributed by atoms with van der Waals surface area (Å²) in [5.74, 6) is 2.45. The molecule has 0 atom stereocenters. The van der Waals surface area contributed by atoms with Crippen LogP contribution in [0.15, 0.2) is 6.07 Å². The van der Waals surface area contributed by atoms with Crippen molar-refractivity contribution in [3.05, 3.63) is 17.6 Å². The Morgan fingerprint density at radius 2 is 2.07 bits per heavy atom. The molecule has 1 aliphatic heterocycles. The standard InChI is InChI=1S/C11H18N4/c1-8-7-10(12-2)15-11(14-8)9-3-5-13-6-4-9/h7,9,13H,3-6H2,1-2H3,(H,12,14,15). The van der Waals surface area contributed by atoms with Crippen molar-refractivity contribution in [3.8, 4) is 0 Å². The Kier molecular flexibility index (Phi) is 3.16. The smallest absolute Gasteiger partial charge is 0.134 e. The summed E-state index contributed by atoms with van der Waals surface area (Å²) in [6.45, 7) is 4.18. The van der Waals surface area contributed by atoms with Gasteiger partial charge in [-0.2, -0.15) is 0 Å². The summed E-state index contributed by atoms with van der Waals surface area (Å²) in [5.41, 5.74) is 1.04. The third-order valence-electron chi connectivity index (χ3n) is 2.83. The second-order valence-corrected chi connectivity index (χ2v) is 4.03. The largest absolute Gasteiger partial charge is 0.373 e. The quantitative estimate of drug-likeness (QED) is 0.765. The molecule has 0 saturated carbocycles. The Morgan fingerprint density at radius 3 is 2.73 bits per heavy atom. The lowest BCUT2D eigenvalue weighted by Gasteiger charge is -2.21. The Morgan fingerprint density at radius 1 is 1.33 bits per heavy atom. The molecule has 0 aromatic carbocycles. The number of hydrogen-bond acceptors (Lipinski definition) is 4. The number of hydrogen-bond donors (Lipinski definition) is 2. The fourth-order valence-electron chi connectivity index (χ4n) is 1.98. The van der Waals surface area contributed by atoms with Crippen LogP contribution in [0.4, 0.5) is 5.82 Å². The minimum Gasteiger partial charge on any atom is -0.373 e. The highest BCUT2D eigenvalue weighted by atomic mass is 15.0. The molecule has 0 bridgehead atoms. The van der Waals surface area contributed by atoms with Crippen molar-refractivity contribution in [2.75, 3.05) is 25.5 Å². The van der Waals surface area contributed by atoms with Crippen LogP contribution in [0.2, 0.25) is 0 Å². The van der Waals surface area contributed by atoms with E-state index in [-0.39, 0.29) is 0 Å². The third-order valence-corrected chi connectivity index (χ3v) is 2.83. The first kappa shape index (κ1) is 10.4. The third kappa shape index (κ3) is 2.45. The number of aryl methyl sites for hydroxylation is 1. The Balaban J connectivity index is 2.22. The summed E-state index contributed by atoms with van der Waals surface area (Å²) in [4.78, 5) is 9.05. The van der Waals surface area contributed by atoms with Crippen LogP contribution in [0.3, 0.4) is 0 Å². The van der Waals surface area contributed by atoms with Gasteiger partial charge in [-0.1, -0.05) is 0 Å². The van der Waals surface area contributed by atoms with Gasteiger partial charge in [0, 0.05) is 24.7 Å². The van der Waals surface area contributed by atoms with Crippen LogP contribution in [0.5, 0.6) is 0 Å².